The first-order valence-corrected chi connectivity index (χ1v) is 9.58. The minimum absolute atomic E-state index is 0. The van der Waals surface area contributed by atoms with Gasteiger partial charge in [0.2, 0.25) is 0 Å². The maximum absolute atomic E-state index is 13.1. The van der Waals surface area contributed by atoms with Gasteiger partial charge in [0.25, 0.3) is 0 Å². The molecule has 1 aliphatic rings. The Morgan fingerprint density at radius 1 is 1.38 bits per heavy atom. The Bertz CT molecular complexity index is 782. The number of aromatic nitrogens is 2. The average Bonchev–Trinajstić information content (AvgIpc) is 3.15. The Kier molecular flexibility index (Phi) is 9.15. The lowest BCUT2D eigenvalue weighted by atomic mass is 10.1. The molecule has 0 spiro atoms. The van der Waals surface area contributed by atoms with Crippen molar-refractivity contribution in [2.45, 2.75) is 25.0 Å². The summed E-state index contributed by atoms with van der Waals surface area (Å²) in [5.41, 5.74) is 2.07. The number of halogens is 2. The summed E-state index contributed by atoms with van der Waals surface area (Å²) >= 11 is 0. The molecule has 0 saturated carbocycles. The SMILES string of the molecule is CN=C(NCC(OC)c1ccc(F)cc1)NC1CCCN(c2cnn(C)c2)C1.I. The highest BCUT2D eigenvalue weighted by Gasteiger charge is 2.22. The van der Waals surface area contributed by atoms with Crippen LogP contribution in [0.25, 0.3) is 0 Å². The summed E-state index contributed by atoms with van der Waals surface area (Å²) in [6.45, 7) is 2.48. The van der Waals surface area contributed by atoms with Gasteiger partial charge >= 0.3 is 0 Å². The van der Waals surface area contributed by atoms with Crippen LogP contribution < -0.4 is 15.5 Å². The molecule has 2 atom stereocenters. The van der Waals surface area contributed by atoms with Crippen molar-refractivity contribution in [2.75, 3.05) is 38.7 Å². The molecule has 1 aromatic heterocycles. The lowest BCUT2D eigenvalue weighted by Crippen LogP contribution is -2.51. The van der Waals surface area contributed by atoms with Crippen molar-refractivity contribution in [1.29, 1.82) is 0 Å². The number of aliphatic imine (C=N–C) groups is 1. The van der Waals surface area contributed by atoms with Crippen molar-refractivity contribution in [1.82, 2.24) is 20.4 Å². The van der Waals surface area contributed by atoms with Gasteiger partial charge in [0.15, 0.2) is 5.96 Å². The third-order valence-electron chi connectivity index (χ3n) is 5.02. The highest BCUT2D eigenvalue weighted by molar-refractivity contribution is 14.0. The molecule has 2 heterocycles. The summed E-state index contributed by atoms with van der Waals surface area (Å²) in [6, 6.07) is 6.68. The Hall–Kier alpha value is -1.88. The largest absolute Gasteiger partial charge is 0.375 e. The molecule has 3 rings (SSSR count). The normalized spacial score (nSPS) is 18.1. The molecule has 9 heteroatoms. The van der Waals surface area contributed by atoms with Crippen LogP contribution in [0.4, 0.5) is 10.1 Å². The molecule has 160 valence electrons. The number of piperidine rings is 1. The number of hydrogen-bond donors (Lipinski definition) is 2. The van der Waals surface area contributed by atoms with E-state index < -0.39 is 0 Å². The summed E-state index contributed by atoms with van der Waals surface area (Å²) in [5, 5.41) is 11.1. The fraction of sp³-hybridized carbons (Fsp3) is 0.500. The van der Waals surface area contributed by atoms with Crippen LogP contribution in [0.3, 0.4) is 0 Å². The molecule has 29 heavy (non-hydrogen) atoms. The first-order valence-electron chi connectivity index (χ1n) is 9.58. The second-order valence-corrected chi connectivity index (χ2v) is 7.03. The molecule has 0 radical (unpaired) electrons. The smallest absolute Gasteiger partial charge is 0.191 e. The fourth-order valence-corrected chi connectivity index (χ4v) is 3.49. The first kappa shape index (κ1) is 23.4. The van der Waals surface area contributed by atoms with Crippen molar-refractivity contribution in [3.8, 4) is 0 Å². The van der Waals surface area contributed by atoms with E-state index in [1.54, 1.807) is 26.3 Å². The molecule has 2 N–H and O–H groups in total. The Morgan fingerprint density at radius 2 is 2.14 bits per heavy atom. The number of nitrogens with zero attached hydrogens (tertiary/aromatic N) is 4. The first-order chi connectivity index (χ1) is 13.6. The molecule has 2 aromatic rings. The summed E-state index contributed by atoms with van der Waals surface area (Å²) in [4.78, 5) is 6.69. The van der Waals surface area contributed by atoms with Gasteiger partial charge in [0.1, 0.15) is 5.82 Å². The molecule has 2 unspecified atom stereocenters. The van der Waals surface area contributed by atoms with Gasteiger partial charge < -0.3 is 20.3 Å². The van der Waals surface area contributed by atoms with Gasteiger partial charge in [-0.3, -0.25) is 9.67 Å². The molecule has 1 saturated heterocycles. The second-order valence-electron chi connectivity index (χ2n) is 7.03. The van der Waals surface area contributed by atoms with Crippen LogP contribution >= 0.6 is 24.0 Å². The van der Waals surface area contributed by atoms with E-state index in [2.05, 4.69) is 25.6 Å². The third kappa shape index (κ3) is 6.56. The summed E-state index contributed by atoms with van der Waals surface area (Å²) < 4.78 is 20.5. The van der Waals surface area contributed by atoms with E-state index in [-0.39, 0.29) is 35.9 Å². The number of aryl methyl sites for hydroxylation is 1. The molecule has 1 aliphatic heterocycles. The van der Waals surface area contributed by atoms with E-state index in [4.69, 9.17) is 4.74 Å². The molecule has 0 aliphatic carbocycles. The maximum Gasteiger partial charge on any atom is 0.191 e. The number of anilines is 1. The molecule has 0 amide bonds. The third-order valence-corrected chi connectivity index (χ3v) is 5.02. The standard InChI is InChI=1S/C20H29FN6O.HI/c1-22-20(23-12-19(28-3)15-6-8-16(21)9-7-15)25-17-5-4-10-27(13-17)18-11-24-26(2)14-18;/h6-9,11,14,17,19H,4-5,10,12-13H2,1-3H3,(H2,22,23,25);1H. The predicted octanol–water partition coefficient (Wildman–Crippen LogP) is 2.70. The second kappa shape index (κ2) is 11.3. The highest BCUT2D eigenvalue weighted by Crippen LogP contribution is 2.19. The van der Waals surface area contributed by atoms with Gasteiger partial charge in [-0.2, -0.15) is 5.10 Å². The van der Waals surface area contributed by atoms with Gasteiger partial charge in [-0.25, -0.2) is 4.39 Å². The number of nitrogens with one attached hydrogen (secondary N) is 2. The lowest BCUT2D eigenvalue weighted by Gasteiger charge is -2.34. The quantitative estimate of drug-likeness (QED) is 0.351. The van der Waals surface area contributed by atoms with Crippen LogP contribution in [0.1, 0.15) is 24.5 Å². The maximum atomic E-state index is 13.1. The zero-order valence-corrected chi connectivity index (χ0v) is 19.5. The number of benzene rings is 1. The topological polar surface area (TPSA) is 66.7 Å². The zero-order valence-electron chi connectivity index (χ0n) is 17.1. The van der Waals surface area contributed by atoms with Gasteiger partial charge in [0.05, 0.1) is 18.0 Å². The summed E-state index contributed by atoms with van der Waals surface area (Å²) in [7, 11) is 5.35. The van der Waals surface area contributed by atoms with Crippen LogP contribution in [0, 0.1) is 5.82 Å². The molecular weight excluding hydrogens is 486 g/mol. The molecule has 1 fully saturated rings. The van der Waals surface area contributed by atoms with E-state index in [1.807, 2.05) is 24.1 Å². The van der Waals surface area contributed by atoms with Crippen molar-refractivity contribution in [2.24, 2.45) is 12.0 Å². The van der Waals surface area contributed by atoms with Crippen LogP contribution in [0.2, 0.25) is 0 Å². The Labute approximate surface area is 188 Å². The van der Waals surface area contributed by atoms with E-state index in [1.165, 1.54) is 12.1 Å². The van der Waals surface area contributed by atoms with E-state index in [0.29, 0.717) is 12.6 Å². The van der Waals surface area contributed by atoms with Gasteiger partial charge in [-0.05, 0) is 30.5 Å². The molecule has 0 bridgehead atoms. The van der Waals surface area contributed by atoms with Crippen LogP contribution in [0.15, 0.2) is 41.7 Å². The van der Waals surface area contributed by atoms with E-state index >= 15 is 0 Å². The number of methoxy groups -OCH3 is 1. The number of rotatable bonds is 6. The lowest BCUT2D eigenvalue weighted by molar-refractivity contribution is 0.106. The minimum atomic E-state index is -0.250. The van der Waals surface area contributed by atoms with Crippen molar-refractivity contribution < 1.29 is 9.13 Å². The van der Waals surface area contributed by atoms with Gasteiger partial charge in [-0.15, -0.1) is 24.0 Å². The van der Waals surface area contributed by atoms with Crippen LogP contribution in [-0.2, 0) is 11.8 Å². The van der Waals surface area contributed by atoms with Crippen LogP contribution in [0.5, 0.6) is 0 Å². The average molecular weight is 516 g/mol. The number of guanidine groups is 1. The van der Waals surface area contributed by atoms with Crippen LogP contribution in [-0.4, -0.2) is 55.6 Å². The van der Waals surface area contributed by atoms with Crippen molar-refractivity contribution >= 4 is 35.6 Å². The van der Waals surface area contributed by atoms with Gasteiger partial charge in [0, 0.05) is 53.1 Å². The number of ether oxygens (including phenoxy) is 1. The molecule has 1 aromatic carbocycles. The van der Waals surface area contributed by atoms with E-state index in [9.17, 15) is 4.39 Å². The molecular formula is C20H30FIN6O. The highest BCUT2D eigenvalue weighted by atomic mass is 127. The van der Waals surface area contributed by atoms with E-state index in [0.717, 1.165) is 43.1 Å². The Balaban J connectivity index is 0.00000300. The predicted molar refractivity (Wildman–Crippen MR) is 125 cm³/mol. The van der Waals surface area contributed by atoms with Crippen molar-refractivity contribution in [3.05, 3.63) is 48.0 Å². The monoisotopic (exact) mass is 516 g/mol. The summed E-state index contributed by atoms with van der Waals surface area (Å²) in [5.74, 6) is 0.488. The van der Waals surface area contributed by atoms with Crippen molar-refractivity contribution in [3.63, 3.8) is 0 Å². The number of hydrogen-bond acceptors (Lipinski definition) is 4. The fourth-order valence-electron chi connectivity index (χ4n) is 3.49. The summed E-state index contributed by atoms with van der Waals surface area (Å²) in [6.07, 6.45) is 5.96. The molecule has 7 nitrogen and oxygen atoms in total. The van der Waals surface area contributed by atoms with Gasteiger partial charge in [-0.1, -0.05) is 12.1 Å². The minimum Gasteiger partial charge on any atom is -0.375 e. The zero-order chi connectivity index (χ0) is 19.9. The Morgan fingerprint density at radius 3 is 2.76 bits per heavy atom.